The molecule has 1 aromatic heterocycles. The Morgan fingerprint density at radius 1 is 1.19 bits per heavy atom. The van der Waals surface area contributed by atoms with E-state index in [1.165, 1.54) is 0 Å². The SMILES string of the molecule is O=C(Nc1ccc(-c2cn[nH]c2)cc1)NC(CCO)c1cccc(Cl)c1. The van der Waals surface area contributed by atoms with Gasteiger partial charge in [0.15, 0.2) is 0 Å². The summed E-state index contributed by atoms with van der Waals surface area (Å²) in [6.07, 6.45) is 3.94. The van der Waals surface area contributed by atoms with Crippen molar-refractivity contribution in [1.82, 2.24) is 15.5 Å². The van der Waals surface area contributed by atoms with Gasteiger partial charge in [0.2, 0.25) is 0 Å². The fourth-order valence-electron chi connectivity index (χ4n) is 2.65. The largest absolute Gasteiger partial charge is 0.396 e. The van der Waals surface area contributed by atoms with Crippen molar-refractivity contribution in [2.24, 2.45) is 0 Å². The summed E-state index contributed by atoms with van der Waals surface area (Å²) in [7, 11) is 0. The quantitative estimate of drug-likeness (QED) is 0.529. The number of halogens is 1. The molecule has 3 rings (SSSR count). The third kappa shape index (κ3) is 4.62. The Kier molecular flexibility index (Phi) is 5.88. The van der Waals surface area contributed by atoms with Crippen molar-refractivity contribution in [3.8, 4) is 11.1 Å². The molecule has 1 heterocycles. The van der Waals surface area contributed by atoms with Gasteiger partial charge in [0.05, 0.1) is 12.2 Å². The van der Waals surface area contributed by atoms with Crippen LogP contribution in [0.15, 0.2) is 60.9 Å². The maximum atomic E-state index is 12.3. The van der Waals surface area contributed by atoms with Crippen LogP contribution in [0.1, 0.15) is 18.0 Å². The predicted octanol–water partition coefficient (Wildman–Crippen LogP) is 3.98. The van der Waals surface area contributed by atoms with Gasteiger partial charge in [0, 0.05) is 29.1 Å². The van der Waals surface area contributed by atoms with Gasteiger partial charge in [-0.05, 0) is 41.8 Å². The minimum Gasteiger partial charge on any atom is -0.396 e. The molecule has 1 atom stereocenters. The van der Waals surface area contributed by atoms with Gasteiger partial charge < -0.3 is 15.7 Å². The van der Waals surface area contributed by atoms with Crippen LogP contribution in [0.5, 0.6) is 0 Å². The Balaban J connectivity index is 1.64. The van der Waals surface area contributed by atoms with Crippen molar-refractivity contribution in [2.45, 2.75) is 12.5 Å². The van der Waals surface area contributed by atoms with E-state index in [0.29, 0.717) is 17.1 Å². The molecule has 6 nitrogen and oxygen atoms in total. The second-order valence-corrected chi connectivity index (χ2v) is 6.22. The number of aromatic amines is 1. The average molecular weight is 371 g/mol. The molecule has 0 saturated heterocycles. The molecule has 7 heteroatoms. The van der Waals surface area contributed by atoms with Crippen LogP contribution >= 0.6 is 11.6 Å². The van der Waals surface area contributed by atoms with Crippen molar-refractivity contribution in [2.75, 3.05) is 11.9 Å². The van der Waals surface area contributed by atoms with Crippen molar-refractivity contribution in [3.63, 3.8) is 0 Å². The van der Waals surface area contributed by atoms with Crippen LogP contribution in [0.4, 0.5) is 10.5 Å². The van der Waals surface area contributed by atoms with Crippen LogP contribution in [-0.2, 0) is 0 Å². The predicted molar refractivity (Wildman–Crippen MR) is 102 cm³/mol. The molecular formula is C19H19ClN4O2. The van der Waals surface area contributed by atoms with Crippen LogP contribution in [-0.4, -0.2) is 27.9 Å². The lowest BCUT2D eigenvalue weighted by Gasteiger charge is -2.19. The summed E-state index contributed by atoms with van der Waals surface area (Å²) >= 11 is 6.01. The van der Waals surface area contributed by atoms with Crippen LogP contribution in [0.25, 0.3) is 11.1 Å². The molecule has 1 unspecified atom stereocenters. The first kappa shape index (κ1) is 18.0. The molecule has 0 aliphatic carbocycles. The number of H-pyrrole nitrogens is 1. The summed E-state index contributed by atoms with van der Waals surface area (Å²) in [6, 6.07) is 14.0. The molecule has 0 spiro atoms. The number of urea groups is 1. The highest BCUT2D eigenvalue weighted by Crippen LogP contribution is 2.22. The first-order valence-electron chi connectivity index (χ1n) is 8.19. The molecule has 0 bridgehead atoms. The highest BCUT2D eigenvalue weighted by atomic mass is 35.5. The van der Waals surface area contributed by atoms with Crippen molar-refractivity contribution >= 4 is 23.3 Å². The molecule has 0 saturated carbocycles. The number of carbonyl (C=O) groups excluding carboxylic acids is 1. The maximum Gasteiger partial charge on any atom is 0.319 e. The monoisotopic (exact) mass is 370 g/mol. The number of nitrogens with zero attached hydrogens (tertiary/aromatic N) is 1. The summed E-state index contributed by atoms with van der Waals surface area (Å²) < 4.78 is 0. The van der Waals surface area contributed by atoms with E-state index in [2.05, 4.69) is 20.8 Å². The lowest BCUT2D eigenvalue weighted by Crippen LogP contribution is -2.33. The van der Waals surface area contributed by atoms with Crippen LogP contribution in [0, 0.1) is 0 Å². The van der Waals surface area contributed by atoms with Crippen molar-refractivity contribution in [3.05, 3.63) is 71.5 Å². The summed E-state index contributed by atoms with van der Waals surface area (Å²) in [6.45, 7) is -0.0448. The first-order valence-corrected chi connectivity index (χ1v) is 8.56. The minimum absolute atomic E-state index is 0.0448. The van der Waals surface area contributed by atoms with Crippen molar-refractivity contribution < 1.29 is 9.90 Å². The van der Waals surface area contributed by atoms with E-state index in [1.54, 1.807) is 24.5 Å². The number of anilines is 1. The highest BCUT2D eigenvalue weighted by molar-refractivity contribution is 6.30. The number of nitrogens with one attached hydrogen (secondary N) is 3. The first-order chi connectivity index (χ1) is 12.7. The molecule has 2 aromatic carbocycles. The zero-order chi connectivity index (χ0) is 18.4. The Morgan fingerprint density at radius 2 is 2.00 bits per heavy atom. The Hall–Kier alpha value is -2.83. The van der Waals surface area contributed by atoms with E-state index >= 15 is 0 Å². The molecule has 0 aliphatic rings. The number of hydrogen-bond donors (Lipinski definition) is 4. The smallest absolute Gasteiger partial charge is 0.319 e. The van der Waals surface area contributed by atoms with E-state index in [4.69, 9.17) is 11.6 Å². The fourth-order valence-corrected chi connectivity index (χ4v) is 2.85. The molecule has 0 radical (unpaired) electrons. The van der Waals surface area contributed by atoms with Crippen molar-refractivity contribution in [1.29, 1.82) is 0 Å². The normalized spacial score (nSPS) is 11.8. The van der Waals surface area contributed by atoms with Gasteiger partial charge >= 0.3 is 6.03 Å². The lowest BCUT2D eigenvalue weighted by atomic mass is 10.0. The zero-order valence-corrected chi connectivity index (χ0v) is 14.7. The lowest BCUT2D eigenvalue weighted by molar-refractivity contribution is 0.239. The zero-order valence-electron chi connectivity index (χ0n) is 13.9. The average Bonchev–Trinajstić information content (AvgIpc) is 3.17. The molecule has 4 N–H and O–H groups in total. The van der Waals surface area contributed by atoms with Gasteiger partial charge in [-0.2, -0.15) is 5.10 Å². The number of amides is 2. The maximum absolute atomic E-state index is 12.3. The number of aliphatic hydroxyl groups is 1. The van der Waals surface area contributed by atoms with Gasteiger partial charge in [-0.1, -0.05) is 35.9 Å². The van der Waals surface area contributed by atoms with E-state index in [1.807, 2.05) is 36.4 Å². The number of benzene rings is 2. The van der Waals surface area contributed by atoms with E-state index in [9.17, 15) is 9.90 Å². The topological polar surface area (TPSA) is 90.0 Å². The Morgan fingerprint density at radius 3 is 2.65 bits per heavy atom. The van der Waals surface area contributed by atoms with Crippen LogP contribution in [0.3, 0.4) is 0 Å². The summed E-state index contributed by atoms with van der Waals surface area (Å²) in [5.41, 5.74) is 3.49. The second-order valence-electron chi connectivity index (χ2n) is 5.78. The van der Waals surface area contributed by atoms with Gasteiger partial charge in [-0.25, -0.2) is 4.79 Å². The summed E-state index contributed by atoms with van der Waals surface area (Å²) in [4.78, 5) is 12.3. The third-order valence-corrected chi connectivity index (χ3v) is 4.18. The minimum atomic E-state index is -0.348. The standard InChI is InChI=1S/C19H19ClN4O2/c20-16-3-1-2-14(10-16)18(8-9-25)24-19(26)23-17-6-4-13(5-7-17)15-11-21-22-12-15/h1-7,10-12,18,25H,8-9H2,(H,21,22)(H2,23,24,26). The van der Waals surface area contributed by atoms with Gasteiger partial charge in [0.1, 0.15) is 0 Å². The van der Waals surface area contributed by atoms with Gasteiger partial charge in [0.25, 0.3) is 0 Å². The molecule has 134 valence electrons. The van der Waals surface area contributed by atoms with Crippen LogP contribution in [0.2, 0.25) is 5.02 Å². The fraction of sp³-hybridized carbons (Fsp3) is 0.158. The number of aromatic nitrogens is 2. The third-order valence-electron chi connectivity index (χ3n) is 3.95. The van der Waals surface area contributed by atoms with Crippen LogP contribution < -0.4 is 10.6 Å². The second kappa shape index (κ2) is 8.51. The number of aliphatic hydroxyl groups excluding tert-OH is 1. The number of rotatable bonds is 6. The summed E-state index contributed by atoms with van der Waals surface area (Å²) in [5, 5.41) is 22.2. The van der Waals surface area contributed by atoms with E-state index < -0.39 is 0 Å². The van der Waals surface area contributed by atoms with Gasteiger partial charge in [-0.15, -0.1) is 0 Å². The highest BCUT2D eigenvalue weighted by Gasteiger charge is 2.14. The molecule has 3 aromatic rings. The Labute approximate surface area is 156 Å². The van der Waals surface area contributed by atoms with Gasteiger partial charge in [-0.3, -0.25) is 5.10 Å². The Bertz CT molecular complexity index is 850. The molecule has 0 aliphatic heterocycles. The molecular weight excluding hydrogens is 352 g/mol. The van der Waals surface area contributed by atoms with E-state index in [0.717, 1.165) is 16.7 Å². The molecule has 2 amide bonds. The molecule has 26 heavy (non-hydrogen) atoms. The number of carbonyl (C=O) groups is 1. The summed E-state index contributed by atoms with van der Waals surface area (Å²) in [5.74, 6) is 0. The number of hydrogen-bond acceptors (Lipinski definition) is 3. The molecule has 0 fully saturated rings. The van der Waals surface area contributed by atoms with E-state index in [-0.39, 0.29) is 18.7 Å².